The normalized spacial score (nSPS) is 21.7. The molecule has 0 bridgehead atoms. The fourth-order valence-electron chi connectivity index (χ4n) is 2.14. The molecule has 0 spiro atoms. The van der Waals surface area contributed by atoms with E-state index in [-0.39, 0.29) is 11.0 Å². The molecule has 1 saturated heterocycles. The Morgan fingerprint density at radius 2 is 2.05 bits per heavy atom. The molecule has 2 atom stereocenters. The standard InChI is InChI=1S/C12H14F3NO2S/c1-18-9-6-7-16(8-9)10-4-2-3-5-11(10)19(17)12(13,14)15/h2-5,9H,6-8H2,1H3/t9-,19?/m0/s1. The van der Waals surface area contributed by atoms with E-state index in [2.05, 4.69) is 0 Å². The smallest absolute Gasteiger partial charge is 0.380 e. The van der Waals surface area contributed by atoms with Gasteiger partial charge in [-0.15, -0.1) is 0 Å². The summed E-state index contributed by atoms with van der Waals surface area (Å²) in [7, 11) is -1.43. The van der Waals surface area contributed by atoms with Crippen LogP contribution in [0.15, 0.2) is 29.2 Å². The van der Waals surface area contributed by atoms with Crippen molar-refractivity contribution >= 4 is 16.5 Å². The first-order valence-electron chi connectivity index (χ1n) is 5.79. The Bertz CT molecular complexity index is 478. The molecule has 1 heterocycles. The van der Waals surface area contributed by atoms with Crippen LogP contribution in [0, 0.1) is 0 Å². The highest BCUT2D eigenvalue weighted by Gasteiger charge is 2.40. The molecule has 0 aliphatic carbocycles. The van der Waals surface area contributed by atoms with Crippen LogP contribution < -0.4 is 4.90 Å². The molecule has 2 rings (SSSR count). The fraction of sp³-hybridized carbons (Fsp3) is 0.500. The SMILES string of the molecule is CO[C@H]1CCN(c2ccccc2S(=O)C(F)(F)F)C1. The van der Waals surface area contributed by atoms with Crippen molar-refractivity contribution in [3.63, 3.8) is 0 Å². The molecular formula is C12H14F3NO2S. The zero-order chi connectivity index (χ0) is 14.0. The third kappa shape index (κ3) is 3.09. The highest BCUT2D eigenvalue weighted by molar-refractivity contribution is 7.86. The summed E-state index contributed by atoms with van der Waals surface area (Å²) in [6, 6.07) is 5.94. The summed E-state index contributed by atoms with van der Waals surface area (Å²) in [5.41, 5.74) is -4.37. The number of ether oxygens (including phenoxy) is 1. The maximum atomic E-state index is 12.6. The molecule has 19 heavy (non-hydrogen) atoms. The Labute approximate surface area is 111 Å². The highest BCUT2D eigenvalue weighted by atomic mass is 32.2. The number of hydrogen-bond acceptors (Lipinski definition) is 3. The molecule has 7 heteroatoms. The minimum Gasteiger partial charge on any atom is -0.380 e. The number of alkyl halides is 3. The minimum absolute atomic E-state index is 0.00683. The lowest BCUT2D eigenvalue weighted by molar-refractivity contribution is -0.0384. The second kappa shape index (κ2) is 5.50. The van der Waals surface area contributed by atoms with Gasteiger partial charge in [0.2, 0.25) is 0 Å². The highest BCUT2D eigenvalue weighted by Crippen LogP contribution is 2.34. The molecule has 0 aromatic heterocycles. The molecule has 1 fully saturated rings. The van der Waals surface area contributed by atoms with Gasteiger partial charge in [0.05, 0.1) is 16.7 Å². The van der Waals surface area contributed by atoms with Gasteiger partial charge in [0, 0.05) is 20.2 Å². The number of nitrogens with zero attached hydrogens (tertiary/aromatic N) is 1. The Balaban J connectivity index is 2.30. The van der Waals surface area contributed by atoms with E-state index in [4.69, 9.17) is 4.74 Å². The second-order valence-corrected chi connectivity index (χ2v) is 5.71. The van der Waals surface area contributed by atoms with Crippen LogP contribution in [0.2, 0.25) is 0 Å². The third-order valence-electron chi connectivity index (χ3n) is 3.09. The summed E-state index contributed by atoms with van der Waals surface area (Å²) in [6.45, 7) is 1.12. The Morgan fingerprint density at radius 1 is 1.37 bits per heavy atom. The predicted molar refractivity (Wildman–Crippen MR) is 66.5 cm³/mol. The largest absolute Gasteiger partial charge is 0.475 e. The van der Waals surface area contributed by atoms with Crippen molar-refractivity contribution in [1.29, 1.82) is 0 Å². The van der Waals surface area contributed by atoms with Crippen LogP contribution in [0.5, 0.6) is 0 Å². The molecule has 1 aliphatic rings. The number of rotatable bonds is 3. The van der Waals surface area contributed by atoms with Gasteiger partial charge in [-0.1, -0.05) is 12.1 Å². The maximum absolute atomic E-state index is 12.6. The predicted octanol–water partition coefficient (Wildman–Crippen LogP) is 2.54. The monoisotopic (exact) mass is 293 g/mol. The Morgan fingerprint density at radius 3 is 2.63 bits per heavy atom. The third-order valence-corrected chi connectivity index (χ3v) is 4.26. The zero-order valence-electron chi connectivity index (χ0n) is 10.3. The minimum atomic E-state index is -4.74. The summed E-state index contributed by atoms with van der Waals surface area (Å²) in [5, 5.41) is 0. The van der Waals surface area contributed by atoms with Crippen LogP contribution >= 0.6 is 0 Å². The fourth-order valence-corrected chi connectivity index (χ4v) is 2.98. The maximum Gasteiger partial charge on any atom is 0.475 e. The van der Waals surface area contributed by atoms with Crippen molar-refractivity contribution < 1.29 is 22.1 Å². The van der Waals surface area contributed by atoms with Crippen molar-refractivity contribution in [2.24, 2.45) is 0 Å². The van der Waals surface area contributed by atoms with Crippen LogP contribution in [-0.4, -0.2) is 36.0 Å². The molecule has 0 amide bonds. The van der Waals surface area contributed by atoms with Crippen molar-refractivity contribution in [2.45, 2.75) is 22.9 Å². The van der Waals surface area contributed by atoms with Crippen molar-refractivity contribution in [3.05, 3.63) is 24.3 Å². The van der Waals surface area contributed by atoms with Crippen LogP contribution in [0.4, 0.5) is 18.9 Å². The van der Waals surface area contributed by atoms with Crippen molar-refractivity contribution in [1.82, 2.24) is 0 Å². The van der Waals surface area contributed by atoms with Gasteiger partial charge in [0.25, 0.3) is 0 Å². The van der Waals surface area contributed by atoms with E-state index in [0.717, 1.165) is 6.42 Å². The van der Waals surface area contributed by atoms with Crippen molar-refractivity contribution in [2.75, 3.05) is 25.1 Å². The number of benzene rings is 1. The number of para-hydroxylation sites is 1. The first-order chi connectivity index (χ1) is 8.93. The molecule has 106 valence electrons. The lowest BCUT2D eigenvalue weighted by Crippen LogP contribution is -2.25. The summed E-state index contributed by atoms with van der Waals surface area (Å²) < 4.78 is 54.5. The Hall–Kier alpha value is -1.08. The Kier molecular flexibility index (Phi) is 4.15. The lowest BCUT2D eigenvalue weighted by atomic mass is 10.3. The summed E-state index contributed by atoms with van der Waals surface area (Å²) in [6.07, 6.45) is 0.760. The quantitative estimate of drug-likeness (QED) is 0.857. The molecule has 1 unspecified atom stereocenters. The average molecular weight is 293 g/mol. The molecule has 0 radical (unpaired) electrons. The van der Waals surface area contributed by atoms with Gasteiger partial charge in [0.1, 0.15) is 0 Å². The van der Waals surface area contributed by atoms with E-state index in [1.54, 1.807) is 24.1 Å². The number of hydrogen-bond donors (Lipinski definition) is 0. The van der Waals surface area contributed by atoms with E-state index in [1.165, 1.54) is 12.1 Å². The van der Waals surface area contributed by atoms with Crippen LogP contribution in [-0.2, 0) is 15.5 Å². The molecule has 3 nitrogen and oxygen atoms in total. The summed E-state index contributed by atoms with van der Waals surface area (Å²) in [4.78, 5) is 1.60. The molecule has 1 aromatic rings. The number of anilines is 1. The van der Waals surface area contributed by atoms with Crippen molar-refractivity contribution in [3.8, 4) is 0 Å². The van der Waals surface area contributed by atoms with E-state index >= 15 is 0 Å². The van der Waals surface area contributed by atoms with Gasteiger partial charge in [-0.05, 0) is 18.6 Å². The molecule has 1 aromatic carbocycles. The molecular weight excluding hydrogens is 279 g/mol. The number of methoxy groups -OCH3 is 1. The van der Waals surface area contributed by atoms with Gasteiger partial charge in [-0.2, -0.15) is 13.2 Å². The van der Waals surface area contributed by atoms with E-state index in [0.29, 0.717) is 18.8 Å². The topological polar surface area (TPSA) is 29.5 Å². The number of halogens is 3. The summed E-state index contributed by atoms with van der Waals surface area (Å²) >= 11 is 0. The van der Waals surface area contributed by atoms with Crippen LogP contribution in [0.1, 0.15) is 6.42 Å². The van der Waals surface area contributed by atoms with E-state index in [9.17, 15) is 17.4 Å². The first-order valence-corrected chi connectivity index (χ1v) is 6.94. The molecule has 0 N–H and O–H groups in total. The lowest BCUT2D eigenvalue weighted by Gasteiger charge is -2.21. The summed E-state index contributed by atoms with van der Waals surface area (Å²) in [5.74, 6) is 0. The van der Waals surface area contributed by atoms with Gasteiger partial charge < -0.3 is 9.64 Å². The van der Waals surface area contributed by atoms with E-state index in [1.807, 2.05) is 0 Å². The van der Waals surface area contributed by atoms with Gasteiger partial charge >= 0.3 is 5.51 Å². The zero-order valence-corrected chi connectivity index (χ0v) is 11.1. The second-order valence-electron chi connectivity index (χ2n) is 4.27. The van der Waals surface area contributed by atoms with Crippen LogP contribution in [0.3, 0.4) is 0 Å². The molecule has 1 aliphatic heterocycles. The van der Waals surface area contributed by atoms with Gasteiger partial charge in [0.15, 0.2) is 10.8 Å². The van der Waals surface area contributed by atoms with Crippen LogP contribution in [0.25, 0.3) is 0 Å². The van der Waals surface area contributed by atoms with E-state index < -0.39 is 16.3 Å². The van der Waals surface area contributed by atoms with Gasteiger partial charge in [-0.3, -0.25) is 0 Å². The molecule has 0 saturated carbocycles. The first kappa shape index (κ1) is 14.3. The van der Waals surface area contributed by atoms with Gasteiger partial charge in [-0.25, -0.2) is 4.21 Å². The average Bonchev–Trinajstić information content (AvgIpc) is 2.85.